The lowest BCUT2D eigenvalue weighted by Crippen LogP contribution is -2.50. The van der Waals surface area contributed by atoms with Crippen LogP contribution in [0.4, 0.5) is 13.2 Å². The number of carbonyl (C=O) groups is 1. The van der Waals surface area contributed by atoms with Gasteiger partial charge < -0.3 is 14.7 Å². The maximum atomic E-state index is 12.1. The van der Waals surface area contributed by atoms with E-state index in [0.29, 0.717) is 19.4 Å². The summed E-state index contributed by atoms with van der Waals surface area (Å²) in [5, 5.41) is 8.83. The molecule has 1 atom stereocenters. The fourth-order valence-electron chi connectivity index (χ4n) is 1.79. The molecule has 1 aliphatic rings. The molecule has 0 aromatic rings. The van der Waals surface area contributed by atoms with E-state index in [4.69, 9.17) is 9.84 Å². The highest BCUT2D eigenvalue weighted by Gasteiger charge is 2.45. The summed E-state index contributed by atoms with van der Waals surface area (Å²) in [6.07, 6.45) is -6.81. The first-order valence-corrected chi connectivity index (χ1v) is 5.51. The summed E-state index contributed by atoms with van der Waals surface area (Å²) >= 11 is 0. The topological polar surface area (TPSA) is 49.8 Å². The molecule has 0 unspecified atom stereocenters. The van der Waals surface area contributed by atoms with E-state index in [0.717, 1.165) is 4.90 Å². The largest absolute Gasteiger partial charge is 0.423 e. The van der Waals surface area contributed by atoms with Crippen molar-refractivity contribution in [1.82, 2.24) is 4.90 Å². The summed E-state index contributed by atoms with van der Waals surface area (Å²) in [6.45, 7) is 2.77. The molecule has 0 spiro atoms. The Bertz CT molecular complexity index is 262. The molecule has 0 bridgehead atoms. The molecule has 0 aromatic heterocycles. The van der Waals surface area contributed by atoms with Gasteiger partial charge in [-0.25, -0.2) is 0 Å². The van der Waals surface area contributed by atoms with Crippen molar-refractivity contribution in [2.75, 3.05) is 19.7 Å². The molecule has 0 saturated carbocycles. The lowest BCUT2D eigenvalue weighted by atomic mass is 10.1. The molecule has 1 heterocycles. The average Bonchev–Trinajstić information content (AvgIpc) is 2.27. The fourth-order valence-corrected chi connectivity index (χ4v) is 1.79. The Morgan fingerprint density at radius 1 is 1.47 bits per heavy atom. The third kappa shape index (κ3) is 3.85. The number of aliphatic hydroxyl groups excluding tert-OH is 1. The van der Waals surface area contributed by atoms with Gasteiger partial charge in [0.2, 0.25) is 6.10 Å². The Kier molecular flexibility index (Phi) is 4.76. The normalized spacial score (nSPS) is 20.4. The number of hydrogen-bond acceptors (Lipinski definition) is 3. The molecule has 0 aliphatic carbocycles. The van der Waals surface area contributed by atoms with Crippen molar-refractivity contribution in [2.24, 2.45) is 0 Å². The fraction of sp³-hybridized carbons (Fsp3) is 0.900. The third-order valence-corrected chi connectivity index (χ3v) is 2.70. The van der Waals surface area contributed by atoms with E-state index in [-0.39, 0.29) is 19.2 Å². The zero-order chi connectivity index (χ0) is 13.1. The summed E-state index contributed by atoms with van der Waals surface area (Å²) in [6, 6.07) is 0. The van der Waals surface area contributed by atoms with Crippen LogP contribution in [0, 0.1) is 0 Å². The molecule has 1 fully saturated rings. The van der Waals surface area contributed by atoms with E-state index in [1.54, 1.807) is 0 Å². The number of piperidine rings is 1. The highest BCUT2D eigenvalue weighted by molar-refractivity contribution is 5.81. The molecular formula is C10H16F3NO3. The summed E-state index contributed by atoms with van der Waals surface area (Å²) in [7, 11) is 0. The molecule has 7 heteroatoms. The molecule has 1 aliphatic heterocycles. The van der Waals surface area contributed by atoms with Crippen LogP contribution >= 0.6 is 0 Å². The van der Waals surface area contributed by atoms with E-state index >= 15 is 0 Å². The van der Waals surface area contributed by atoms with Crippen LogP contribution in [0.15, 0.2) is 0 Å². The Morgan fingerprint density at radius 2 is 2.00 bits per heavy atom. The van der Waals surface area contributed by atoms with Crippen molar-refractivity contribution in [2.45, 2.75) is 38.1 Å². The van der Waals surface area contributed by atoms with E-state index < -0.39 is 18.2 Å². The van der Waals surface area contributed by atoms with Gasteiger partial charge in [0.15, 0.2) is 0 Å². The number of alkyl halides is 3. The Labute approximate surface area is 97.3 Å². The van der Waals surface area contributed by atoms with Gasteiger partial charge in [0.25, 0.3) is 5.91 Å². The number of likely N-dealkylation sites (tertiary alicyclic amines) is 1. The minimum Gasteiger partial charge on any atom is -0.378 e. The van der Waals surface area contributed by atoms with Crippen LogP contribution in [-0.2, 0) is 9.53 Å². The van der Waals surface area contributed by atoms with Crippen LogP contribution in [0.3, 0.4) is 0 Å². The van der Waals surface area contributed by atoms with Crippen LogP contribution < -0.4 is 0 Å². The smallest absolute Gasteiger partial charge is 0.378 e. The minimum absolute atomic E-state index is 0.00733. The van der Waals surface area contributed by atoms with Crippen molar-refractivity contribution in [3.05, 3.63) is 0 Å². The second-order valence-electron chi connectivity index (χ2n) is 3.92. The van der Waals surface area contributed by atoms with Gasteiger partial charge in [-0.1, -0.05) is 0 Å². The first-order chi connectivity index (χ1) is 7.86. The Balaban J connectivity index is 2.46. The second kappa shape index (κ2) is 5.68. The maximum Gasteiger partial charge on any atom is 0.423 e. The summed E-state index contributed by atoms with van der Waals surface area (Å²) in [5.74, 6) is -1.27. The summed E-state index contributed by atoms with van der Waals surface area (Å²) < 4.78 is 41.7. The third-order valence-electron chi connectivity index (χ3n) is 2.70. The zero-order valence-corrected chi connectivity index (χ0v) is 9.54. The van der Waals surface area contributed by atoms with Gasteiger partial charge in [-0.15, -0.1) is 0 Å². The molecule has 1 N–H and O–H groups in total. The number of ether oxygens (including phenoxy) is 1. The van der Waals surface area contributed by atoms with Gasteiger partial charge in [-0.3, -0.25) is 4.79 Å². The number of halogens is 3. The van der Waals surface area contributed by atoms with Crippen molar-refractivity contribution < 1.29 is 27.8 Å². The van der Waals surface area contributed by atoms with E-state index in [1.165, 1.54) is 0 Å². The van der Waals surface area contributed by atoms with Crippen molar-refractivity contribution in [1.29, 1.82) is 0 Å². The molecule has 1 amide bonds. The van der Waals surface area contributed by atoms with Crippen LogP contribution in [0.25, 0.3) is 0 Å². The number of aliphatic hydroxyl groups is 1. The molecule has 4 nitrogen and oxygen atoms in total. The molecule has 0 radical (unpaired) electrons. The maximum absolute atomic E-state index is 12.1. The predicted molar refractivity (Wildman–Crippen MR) is 53.3 cm³/mol. The standard InChI is InChI=1S/C10H16F3NO3/c1-2-17-7-3-5-14(6-4-7)9(16)8(15)10(11,12)13/h7-8,15H,2-6H2,1H3/t8-/m1/s1. The molecule has 1 saturated heterocycles. The van der Waals surface area contributed by atoms with Gasteiger partial charge >= 0.3 is 6.18 Å². The van der Waals surface area contributed by atoms with Crippen LogP contribution in [0.1, 0.15) is 19.8 Å². The van der Waals surface area contributed by atoms with Gasteiger partial charge in [0, 0.05) is 19.7 Å². The van der Waals surface area contributed by atoms with E-state index in [2.05, 4.69) is 0 Å². The predicted octanol–water partition coefficient (Wildman–Crippen LogP) is 0.937. The highest BCUT2D eigenvalue weighted by Crippen LogP contribution is 2.23. The van der Waals surface area contributed by atoms with E-state index in [1.807, 2.05) is 6.92 Å². The number of hydrogen-bond donors (Lipinski definition) is 1. The van der Waals surface area contributed by atoms with E-state index in [9.17, 15) is 18.0 Å². The number of amides is 1. The van der Waals surface area contributed by atoms with Gasteiger partial charge in [0.05, 0.1) is 6.10 Å². The van der Waals surface area contributed by atoms with Crippen LogP contribution in [0.2, 0.25) is 0 Å². The average molecular weight is 255 g/mol. The van der Waals surface area contributed by atoms with Crippen molar-refractivity contribution in [3.8, 4) is 0 Å². The van der Waals surface area contributed by atoms with Crippen molar-refractivity contribution >= 4 is 5.91 Å². The first-order valence-electron chi connectivity index (χ1n) is 5.51. The number of carbonyl (C=O) groups excluding carboxylic acids is 1. The SMILES string of the molecule is CCOC1CCN(C(=O)[C@@H](O)C(F)(F)F)CC1. The van der Waals surface area contributed by atoms with Gasteiger partial charge in [-0.2, -0.15) is 13.2 Å². The molecule has 17 heavy (non-hydrogen) atoms. The minimum atomic E-state index is -4.89. The quantitative estimate of drug-likeness (QED) is 0.816. The molecule has 0 aromatic carbocycles. The Morgan fingerprint density at radius 3 is 2.41 bits per heavy atom. The van der Waals surface area contributed by atoms with Crippen LogP contribution in [-0.4, -0.2) is 54.0 Å². The van der Waals surface area contributed by atoms with Crippen molar-refractivity contribution in [3.63, 3.8) is 0 Å². The molecular weight excluding hydrogens is 239 g/mol. The first kappa shape index (κ1) is 14.2. The van der Waals surface area contributed by atoms with Crippen LogP contribution in [0.5, 0.6) is 0 Å². The number of nitrogens with zero attached hydrogens (tertiary/aromatic N) is 1. The summed E-state index contributed by atoms with van der Waals surface area (Å²) in [5.41, 5.74) is 0. The lowest BCUT2D eigenvalue weighted by Gasteiger charge is -2.33. The van der Waals surface area contributed by atoms with Gasteiger partial charge in [-0.05, 0) is 19.8 Å². The van der Waals surface area contributed by atoms with Gasteiger partial charge in [0.1, 0.15) is 0 Å². The Hall–Kier alpha value is -0.820. The monoisotopic (exact) mass is 255 g/mol. The second-order valence-corrected chi connectivity index (χ2v) is 3.92. The molecule has 1 rings (SSSR count). The molecule has 100 valence electrons. The lowest BCUT2D eigenvalue weighted by molar-refractivity contribution is -0.211. The zero-order valence-electron chi connectivity index (χ0n) is 9.54. The number of rotatable bonds is 3. The highest BCUT2D eigenvalue weighted by atomic mass is 19.4. The summed E-state index contributed by atoms with van der Waals surface area (Å²) in [4.78, 5) is 12.4.